The van der Waals surface area contributed by atoms with Crippen LogP contribution in [-0.4, -0.2) is 23.9 Å². The Morgan fingerprint density at radius 2 is 0.909 bits per heavy atom. The zero-order valence-electron chi connectivity index (χ0n) is 7.50. The van der Waals surface area contributed by atoms with Crippen LogP contribution in [0.5, 0.6) is 0 Å². The van der Waals surface area contributed by atoms with Crippen molar-refractivity contribution in [3.8, 4) is 0 Å². The van der Waals surface area contributed by atoms with Gasteiger partial charge in [-0.15, -0.1) is 0 Å². The van der Waals surface area contributed by atoms with Crippen LogP contribution in [0.3, 0.4) is 0 Å². The van der Waals surface area contributed by atoms with Crippen LogP contribution in [0.4, 0.5) is 0 Å². The predicted octanol–water partition coefficient (Wildman–Crippen LogP) is -3.13. The van der Waals surface area contributed by atoms with E-state index in [-0.39, 0.29) is 33.3 Å². The number of unbranched alkanes of at least 4 members (excludes halogenated alkanes) is 2. The molecular formula is C8H18F2Sn. The summed E-state index contributed by atoms with van der Waals surface area (Å²) >= 11 is 0. The van der Waals surface area contributed by atoms with E-state index >= 15 is 0 Å². The van der Waals surface area contributed by atoms with E-state index in [1.165, 1.54) is 12.8 Å². The fraction of sp³-hybridized carbons (Fsp3) is 0.750. The molecule has 0 heterocycles. The van der Waals surface area contributed by atoms with Crippen LogP contribution < -0.4 is 9.41 Å². The van der Waals surface area contributed by atoms with Crippen molar-refractivity contribution in [1.29, 1.82) is 0 Å². The third kappa shape index (κ3) is 113. The van der Waals surface area contributed by atoms with Crippen LogP contribution in [0.1, 0.15) is 39.5 Å². The molecular weight excluding hydrogens is 253 g/mol. The minimum absolute atomic E-state index is 0. The summed E-state index contributed by atoms with van der Waals surface area (Å²) in [6.45, 7) is 11.4. The summed E-state index contributed by atoms with van der Waals surface area (Å²) in [5, 5.41) is 0. The summed E-state index contributed by atoms with van der Waals surface area (Å²) in [4.78, 5) is 0. The largest absolute Gasteiger partial charge is 2.00 e. The molecule has 0 N–H and O–H groups in total. The summed E-state index contributed by atoms with van der Waals surface area (Å²) in [7, 11) is 0. The SMILES string of the molecule is [CH2]CCC.[CH2]CCC.[F-].[F-].[Sn+2]. The first-order chi connectivity index (χ1) is 3.83. The fourth-order valence-corrected chi connectivity index (χ4v) is 0. The average Bonchev–Trinajstić information content (AvgIpc) is 1.88. The molecule has 0 atom stereocenters. The standard InChI is InChI=1S/2C4H9.2FH.Sn/c2*1-3-4-2;;;/h2*1,3-4H2,2H3;2*1H;/q;;;;+2/p-2. The van der Waals surface area contributed by atoms with Gasteiger partial charge in [0.1, 0.15) is 0 Å². The van der Waals surface area contributed by atoms with Gasteiger partial charge >= 0.3 is 23.9 Å². The summed E-state index contributed by atoms with van der Waals surface area (Å²) in [5.74, 6) is 0. The van der Waals surface area contributed by atoms with Gasteiger partial charge in [-0.05, 0) is 0 Å². The van der Waals surface area contributed by atoms with Gasteiger partial charge in [-0.1, -0.05) is 53.4 Å². The molecule has 0 aliphatic heterocycles. The van der Waals surface area contributed by atoms with Crippen molar-refractivity contribution in [3.05, 3.63) is 13.8 Å². The molecule has 3 heteroatoms. The van der Waals surface area contributed by atoms with Crippen molar-refractivity contribution in [2.45, 2.75) is 39.5 Å². The summed E-state index contributed by atoms with van der Waals surface area (Å²) in [6, 6.07) is 0. The van der Waals surface area contributed by atoms with E-state index < -0.39 is 0 Å². The Balaban J connectivity index is -0.0000000171. The Labute approximate surface area is 86.8 Å². The second-order valence-corrected chi connectivity index (χ2v) is 1.71. The molecule has 0 rings (SSSR count). The molecule has 0 saturated carbocycles. The van der Waals surface area contributed by atoms with E-state index in [0.29, 0.717) is 0 Å². The number of hydrogen-bond donors (Lipinski definition) is 0. The third-order valence-electron chi connectivity index (χ3n) is 0.707. The summed E-state index contributed by atoms with van der Waals surface area (Å²) in [5.41, 5.74) is 0. The molecule has 0 aromatic rings. The number of halogens is 2. The van der Waals surface area contributed by atoms with Crippen LogP contribution in [0.2, 0.25) is 0 Å². The minimum atomic E-state index is 0. The van der Waals surface area contributed by atoms with Crippen LogP contribution in [0, 0.1) is 13.8 Å². The Morgan fingerprint density at radius 3 is 0.909 bits per heavy atom. The van der Waals surface area contributed by atoms with Crippen molar-refractivity contribution >= 4 is 23.9 Å². The van der Waals surface area contributed by atoms with Crippen molar-refractivity contribution in [2.75, 3.05) is 0 Å². The minimum Gasteiger partial charge on any atom is -1.00 e. The molecule has 68 valence electrons. The number of rotatable bonds is 2. The maximum absolute atomic E-state index is 3.60. The Hall–Kier alpha value is 0.659. The molecule has 4 radical (unpaired) electrons. The van der Waals surface area contributed by atoms with Gasteiger partial charge in [-0.25, -0.2) is 0 Å². The van der Waals surface area contributed by atoms with E-state index in [9.17, 15) is 0 Å². The normalized spacial score (nSPS) is 5.45. The maximum atomic E-state index is 3.60. The van der Waals surface area contributed by atoms with Gasteiger partial charge in [-0.3, -0.25) is 0 Å². The zero-order chi connectivity index (χ0) is 6.83. The van der Waals surface area contributed by atoms with Gasteiger partial charge in [0.05, 0.1) is 0 Å². The molecule has 0 fully saturated rings. The Bertz CT molecular complexity index is 20.1. The van der Waals surface area contributed by atoms with E-state index in [1.54, 1.807) is 0 Å². The smallest absolute Gasteiger partial charge is 1.00 e. The molecule has 0 aromatic heterocycles. The van der Waals surface area contributed by atoms with Crippen LogP contribution in [0.15, 0.2) is 0 Å². The van der Waals surface area contributed by atoms with Gasteiger partial charge in [-0.2, -0.15) is 0 Å². The summed E-state index contributed by atoms with van der Waals surface area (Å²) in [6.07, 6.45) is 4.56. The van der Waals surface area contributed by atoms with Crippen LogP contribution in [0.25, 0.3) is 0 Å². The molecule has 0 saturated heterocycles. The van der Waals surface area contributed by atoms with E-state index in [0.717, 1.165) is 12.8 Å². The van der Waals surface area contributed by atoms with Gasteiger partial charge in [0.15, 0.2) is 0 Å². The fourth-order valence-electron chi connectivity index (χ4n) is 0. The molecule has 0 spiro atoms. The van der Waals surface area contributed by atoms with E-state index in [4.69, 9.17) is 0 Å². The molecule has 0 amide bonds. The average molecular weight is 271 g/mol. The van der Waals surface area contributed by atoms with Crippen molar-refractivity contribution in [3.63, 3.8) is 0 Å². The Kier molecular flexibility index (Phi) is 124. The van der Waals surface area contributed by atoms with Crippen molar-refractivity contribution in [2.24, 2.45) is 0 Å². The number of hydrogen-bond acceptors (Lipinski definition) is 0. The first kappa shape index (κ1) is 29.9. The maximum Gasteiger partial charge on any atom is 2.00 e. The third-order valence-corrected chi connectivity index (χ3v) is 0.707. The molecule has 11 heavy (non-hydrogen) atoms. The van der Waals surface area contributed by atoms with Gasteiger partial charge in [0.2, 0.25) is 0 Å². The topological polar surface area (TPSA) is 0 Å². The van der Waals surface area contributed by atoms with Crippen molar-refractivity contribution in [1.82, 2.24) is 0 Å². The molecule has 0 aliphatic rings. The predicted molar refractivity (Wildman–Crippen MR) is 46.3 cm³/mol. The van der Waals surface area contributed by atoms with Crippen LogP contribution in [-0.2, 0) is 0 Å². The molecule has 0 nitrogen and oxygen atoms in total. The molecule has 0 aromatic carbocycles. The van der Waals surface area contributed by atoms with Crippen LogP contribution >= 0.6 is 0 Å². The molecule has 0 unspecified atom stereocenters. The second kappa shape index (κ2) is 45.8. The van der Waals surface area contributed by atoms with Gasteiger partial charge in [0.25, 0.3) is 0 Å². The van der Waals surface area contributed by atoms with Gasteiger partial charge < -0.3 is 9.41 Å². The summed E-state index contributed by atoms with van der Waals surface area (Å²) < 4.78 is 0. The second-order valence-electron chi connectivity index (χ2n) is 1.71. The van der Waals surface area contributed by atoms with Gasteiger partial charge in [0, 0.05) is 0 Å². The van der Waals surface area contributed by atoms with Crippen molar-refractivity contribution < 1.29 is 9.41 Å². The quantitative estimate of drug-likeness (QED) is 0.466. The van der Waals surface area contributed by atoms with E-state index in [2.05, 4.69) is 27.7 Å². The van der Waals surface area contributed by atoms with E-state index in [1.807, 2.05) is 0 Å². The molecule has 0 aliphatic carbocycles. The Morgan fingerprint density at radius 1 is 0.818 bits per heavy atom. The monoisotopic (exact) mass is 272 g/mol. The molecule has 0 bridgehead atoms. The first-order valence-electron chi connectivity index (χ1n) is 3.41. The first-order valence-corrected chi connectivity index (χ1v) is 3.41. The zero-order valence-corrected chi connectivity index (χ0v) is 10.4.